The van der Waals surface area contributed by atoms with E-state index in [2.05, 4.69) is 47.2 Å². The fourth-order valence-electron chi connectivity index (χ4n) is 1.81. The summed E-state index contributed by atoms with van der Waals surface area (Å²) >= 11 is 3.49. The van der Waals surface area contributed by atoms with Gasteiger partial charge < -0.3 is 15.8 Å². The highest BCUT2D eigenvalue weighted by Crippen LogP contribution is 2.25. The van der Waals surface area contributed by atoms with Gasteiger partial charge in [0.1, 0.15) is 5.75 Å². The molecule has 0 saturated heterocycles. The lowest BCUT2D eigenvalue weighted by atomic mass is 9.96. The van der Waals surface area contributed by atoms with Gasteiger partial charge in [-0.25, -0.2) is 0 Å². The van der Waals surface area contributed by atoms with Gasteiger partial charge in [0, 0.05) is 6.54 Å². The third kappa shape index (κ3) is 4.59. The van der Waals surface area contributed by atoms with Gasteiger partial charge in [-0.2, -0.15) is 0 Å². The first-order chi connectivity index (χ1) is 8.58. The highest BCUT2D eigenvalue weighted by Gasteiger charge is 2.10. The smallest absolute Gasteiger partial charge is 0.133 e. The van der Waals surface area contributed by atoms with E-state index in [4.69, 9.17) is 10.5 Å². The predicted molar refractivity (Wildman–Crippen MR) is 79.8 cm³/mol. The fourth-order valence-corrected chi connectivity index (χ4v) is 2.40. The van der Waals surface area contributed by atoms with Gasteiger partial charge >= 0.3 is 0 Å². The maximum absolute atomic E-state index is 5.75. The minimum Gasteiger partial charge on any atom is -0.496 e. The topological polar surface area (TPSA) is 47.3 Å². The molecule has 0 radical (unpaired) electrons. The molecule has 0 amide bonds. The summed E-state index contributed by atoms with van der Waals surface area (Å²) in [6.07, 6.45) is 0. The van der Waals surface area contributed by atoms with Crippen LogP contribution in [0.2, 0.25) is 0 Å². The molecule has 4 heteroatoms. The first-order valence-corrected chi connectivity index (χ1v) is 7.11. The second-order valence-electron chi connectivity index (χ2n) is 4.84. The van der Waals surface area contributed by atoms with E-state index in [0.717, 1.165) is 29.9 Å². The Morgan fingerprint density at radius 3 is 2.61 bits per heavy atom. The van der Waals surface area contributed by atoms with E-state index in [1.165, 1.54) is 5.56 Å². The lowest BCUT2D eigenvalue weighted by molar-refractivity contribution is 0.370. The van der Waals surface area contributed by atoms with Gasteiger partial charge in [-0.05, 0) is 58.6 Å². The van der Waals surface area contributed by atoms with Gasteiger partial charge in [0.25, 0.3) is 0 Å². The Kier molecular flexibility index (Phi) is 6.68. The Morgan fingerprint density at radius 1 is 1.39 bits per heavy atom. The van der Waals surface area contributed by atoms with Crippen molar-refractivity contribution in [2.75, 3.05) is 20.2 Å². The normalized spacial score (nSPS) is 12.8. The van der Waals surface area contributed by atoms with Gasteiger partial charge in [-0.15, -0.1) is 0 Å². The molecule has 0 aliphatic carbocycles. The molecule has 0 saturated carbocycles. The molecule has 18 heavy (non-hydrogen) atoms. The van der Waals surface area contributed by atoms with Crippen molar-refractivity contribution in [3.63, 3.8) is 0 Å². The van der Waals surface area contributed by atoms with Crippen molar-refractivity contribution in [2.24, 2.45) is 17.6 Å². The van der Waals surface area contributed by atoms with Gasteiger partial charge in [0.05, 0.1) is 11.6 Å². The van der Waals surface area contributed by atoms with Crippen LogP contribution in [-0.2, 0) is 6.54 Å². The van der Waals surface area contributed by atoms with E-state index in [9.17, 15) is 0 Å². The molecule has 0 aromatic heterocycles. The summed E-state index contributed by atoms with van der Waals surface area (Å²) in [7, 11) is 1.67. The SMILES string of the molecule is COc1ccc(CNCC(CN)C(C)C)cc1Br. The molecule has 1 atom stereocenters. The third-order valence-corrected chi connectivity index (χ3v) is 3.82. The molecule has 1 aromatic carbocycles. The molecule has 3 N–H and O–H groups in total. The van der Waals surface area contributed by atoms with E-state index in [1.807, 2.05) is 6.07 Å². The largest absolute Gasteiger partial charge is 0.496 e. The van der Waals surface area contributed by atoms with Crippen molar-refractivity contribution < 1.29 is 4.74 Å². The predicted octanol–water partition coefficient (Wildman–Crippen LogP) is 2.78. The first kappa shape index (κ1) is 15.5. The zero-order chi connectivity index (χ0) is 13.5. The van der Waals surface area contributed by atoms with Crippen molar-refractivity contribution in [3.8, 4) is 5.75 Å². The maximum Gasteiger partial charge on any atom is 0.133 e. The average Bonchev–Trinajstić information content (AvgIpc) is 2.34. The Labute approximate surface area is 118 Å². The van der Waals surface area contributed by atoms with Crippen molar-refractivity contribution in [1.29, 1.82) is 0 Å². The highest BCUT2D eigenvalue weighted by molar-refractivity contribution is 9.10. The van der Waals surface area contributed by atoms with Crippen molar-refractivity contribution in [1.82, 2.24) is 5.32 Å². The van der Waals surface area contributed by atoms with Crippen molar-refractivity contribution in [3.05, 3.63) is 28.2 Å². The van der Waals surface area contributed by atoms with Crippen LogP contribution in [0.15, 0.2) is 22.7 Å². The lowest BCUT2D eigenvalue weighted by Crippen LogP contribution is -2.31. The maximum atomic E-state index is 5.75. The number of benzene rings is 1. The Morgan fingerprint density at radius 2 is 2.11 bits per heavy atom. The Balaban J connectivity index is 2.46. The number of nitrogens with one attached hydrogen (secondary N) is 1. The van der Waals surface area contributed by atoms with Gasteiger partial charge in [-0.3, -0.25) is 0 Å². The third-order valence-electron chi connectivity index (χ3n) is 3.20. The second-order valence-corrected chi connectivity index (χ2v) is 5.69. The summed E-state index contributed by atoms with van der Waals surface area (Å²) in [4.78, 5) is 0. The van der Waals surface area contributed by atoms with Crippen LogP contribution in [0.4, 0.5) is 0 Å². The molecule has 0 bridgehead atoms. The van der Waals surface area contributed by atoms with Gasteiger partial charge in [0.15, 0.2) is 0 Å². The van der Waals surface area contributed by atoms with E-state index >= 15 is 0 Å². The molecular weight excluding hydrogens is 292 g/mol. The summed E-state index contributed by atoms with van der Waals surface area (Å²) in [5, 5.41) is 3.46. The summed E-state index contributed by atoms with van der Waals surface area (Å²) in [6.45, 7) is 6.97. The molecule has 0 aliphatic heterocycles. The minimum atomic E-state index is 0.534. The van der Waals surface area contributed by atoms with Crippen molar-refractivity contribution in [2.45, 2.75) is 20.4 Å². The molecule has 0 fully saturated rings. The standard InChI is InChI=1S/C14H23BrN2O/c1-10(2)12(7-16)9-17-8-11-4-5-14(18-3)13(15)6-11/h4-6,10,12,17H,7-9,16H2,1-3H3. The van der Waals surface area contributed by atoms with E-state index in [0.29, 0.717) is 11.8 Å². The molecular formula is C14H23BrN2O. The molecule has 0 heterocycles. The summed E-state index contributed by atoms with van der Waals surface area (Å²) in [6, 6.07) is 6.13. The lowest BCUT2D eigenvalue weighted by Gasteiger charge is -2.19. The van der Waals surface area contributed by atoms with E-state index in [-0.39, 0.29) is 0 Å². The van der Waals surface area contributed by atoms with Crippen LogP contribution in [0.5, 0.6) is 5.75 Å². The van der Waals surface area contributed by atoms with Crippen LogP contribution in [-0.4, -0.2) is 20.2 Å². The summed E-state index contributed by atoms with van der Waals surface area (Å²) in [5.74, 6) is 2.01. The average molecular weight is 315 g/mol. The first-order valence-electron chi connectivity index (χ1n) is 6.31. The van der Waals surface area contributed by atoms with Gasteiger partial charge in [-0.1, -0.05) is 19.9 Å². The number of hydrogen-bond donors (Lipinski definition) is 2. The minimum absolute atomic E-state index is 0.534. The monoisotopic (exact) mass is 314 g/mol. The second kappa shape index (κ2) is 7.77. The van der Waals surface area contributed by atoms with Crippen LogP contribution in [0.25, 0.3) is 0 Å². The molecule has 1 aromatic rings. The van der Waals surface area contributed by atoms with E-state index in [1.54, 1.807) is 7.11 Å². The number of nitrogens with two attached hydrogens (primary N) is 1. The highest BCUT2D eigenvalue weighted by atomic mass is 79.9. The zero-order valence-electron chi connectivity index (χ0n) is 11.4. The quantitative estimate of drug-likeness (QED) is 0.813. The van der Waals surface area contributed by atoms with Gasteiger partial charge in [0.2, 0.25) is 0 Å². The number of ether oxygens (including phenoxy) is 1. The molecule has 1 unspecified atom stereocenters. The number of hydrogen-bond acceptors (Lipinski definition) is 3. The number of methoxy groups -OCH3 is 1. The van der Waals surface area contributed by atoms with Crippen LogP contribution in [0.3, 0.4) is 0 Å². The molecule has 0 spiro atoms. The van der Waals surface area contributed by atoms with E-state index < -0.39 is 0 Å². The van der Waals surface area contributed by atoms with Crippen molar-refractivity contribution >= 4 is 15.9 Å². The van der Waals surface area contributed by atoms with Crippen LogP contribution < -0.4 is 15.8 Å². The Hall–Kier alpha value is -0.580. The zero-order valence-corrected chi connectivity index (χ0v) is 13.0. The van der Waals surface area contributed by atoms with Crippen LogP contribution in [0, 0.1) is 11.8 Å². The fraction of sp³-hybridized carbons (Fsp3) is 0.571. The molecule has 1 rings (SSSR count). The van der Waals surface area contributed by atoms with Crippen LogP contribution >= 0.6 is 15.9 Å². The molecule has 102 valence electrons. The number of rotatable bonds is 7. The summed E-state index contributed by atoms with van der Waals surface area (Å²) in [5.41, 5.74) is 6.99. The summed E-state index contributed by atoms with van der Waals surface area (Å²) < 4.78 is 6.20. The Bertz CT molecular complexity index is 369. The van der Waals surface area contributed by atoms with Crippen LogP contribution in [0.1, 0.15) is 19.4 Å². The number of halogens is 1. The molecule has 0 aliphatic rings. The molecule has 3 nitrogen and oxygen atoms in total.